The third-order valence-electron chi connectivity index (χ3n) is 2.80. The Morgan fingerprint density at radius 3 is 3.18 bits per heavy atom. The minimum atomic E-state index is -0.285. The van der Waals surface area contributed by atoms with Crippen LogP contribution < -0.4 is 10.1 Å². The molecule has 1 N–H and O–H groups in total. The van der Waals surface area contributed by atoms with Crippen LogP contribution in [-0.2, 0) is 4.74 Å². The van der Waals surface area contributed by atoms with Gasteiger partial charge in [0.1, 0.15) is 12.4 Å². The predicted octanol–water partition coefficient (Wildman–Crippen LogP) is 1.91. The van der Waals surface area contributed by atoms with Gasteiger partial charge in [-0.05, 0) is 32.0 Å². The summed E-state index contributed by atoms with van der Waals surface area (Å²) < 4.78 is 10.6. The van der Waals surface area contributed by atoms with Crippen molar-refractivity contribution in [1.82, 2.24) is 5.32 Å². The maximum atomic E-state index is 11.6. The van der Waals surface area contributed by atoms with Crippen LogP contribution in [0.4, 0.5) is 0 Å². The SMILES string of the molecule is CCOC(=O)c1ccc2c(c1)C(C)NCCO2. The first-order chi connectivity index (χ1) is 8.22. The van der Waals surface area contributed by atoms with E-state index in [1.165, 1.54) is 0 Å². The van der Waals surface area contributed by atoms with Gasteiger partial charge in [0.15, 0.2) is 0 Å². The molecule has 17 heavy (non-hydrogen) atoms. The molecule has 0 bridgehead atoms. The summed E-state index contributed by atoms with van der Waals surface area (Å²) in [4.78, 5) is 11.6. The molecule has 1 aliphatic heterocycles. The number of hydrogen-bond acceptors (Lipinski definition) is 4. The van der Waals surface area contributed by atoms with Gasteiger partial charge in [0.25, 0.3) is 0 Å². The molecule has 1 unspecified atom stereocenters. The zero-order chi connectivity index (χ0) is 12.3. The van der Waals surface area contributed by atoms with Crippen molar-refractivity contribution >= 4 is 5.97 Å². The van der Waals surface area contributed by atoms with E-state index in [1.807, 2.05) is 12.1 Å². The maximum Gasteiger partial charge on any atom is 0.338 e. The first kappa shape index (κ1) is 11.9. The van der Waals surface area contributed by atoms with Gasteiger partial charge in [-0.1, -0.05) is 0 Å². The number of nitrogens with one attached hydrogen (secondary N) is 1. The maximum absolute atomic E-state index is 11.6. The van der Waals surface area contributed by atoms with Crippen molar-refractivity contribution in [3.05, 3.63) is 29.3 Å². The minimum Gasteiger partial charge on any atom is -0.492 e. The topological polar surface area (TPSA) is 47.6 Å². The molecule has 92 valence electrons. The molecule has 0 radical (unpaired) electrons. The normalized spacial score (nSPS) is 18.8. The second-order valence-corrected chi connectivity index (χ2v) is 4.00. The average Bonchev–Trinajstić information content (AvgIpc) is 2.51. The highest BCUT2D eigenvalue weighted by molar-refractivity contribution is 5.89. The van der Waals surface area contributed by atoms with Crippen LogP contribution in [0.2, 0.25) is 0 Å². The molecule has 0 saturated heterocycles. The number of esters is 1. The van der Waals surface area contributed by atoms with Gasteiger partial charge in [-0.25, -0.2) is 4.79 Å². The van der Waals surface area contributed by atoms with Crippen molar-refractivity contribution in [2.45, 2.75) is 19.9 Å². The van der Waals surface area contributed by atoms with E-state index < -0.39 is 0 Å². The van der Waals surface area contributed by atoms with Crippen molar-refractivity contribution in [3.63, 3.8) is 0 Å². The van der Waals surface area contributed by atoms with Crippen LogP contribution in [0.15, 0.2) is 18.2 Å². The number of rotatable bonds is 2. The van der Waals surface area contributed by atoms with Crippen LogP contribution in [0.25, 0.3) is 0 Å². The zero-order valence-corrected chi connectivity index (χ0v) is 10.2. The van der Waals surface area contributed by atoms with E-state index in [4.69, 9.17) is 9.47 Å². The van der Waals surface area contributed by atoms with E-state index in [2.05, 4.69) is 12.2 Å². The highest BCUT2D eigenvalue weighted by Crippen LogP contribution is 2.28. The van der Waals surface area contributed by atoms with Gasteiger partial charge in [-0.15, -0.1) is 0 Å². The van der Waals surface area contributed by atoms with Crippen LogP contribution in [0.3, 0.4) is 0 Å². The van der Waals surface area contributed by atoms with E-state index in [-0.39, 0.29) is 12.0 Å². The fraction of sp³-hybridized carbons (Fsp3) is 0.462. The number of carbonyl (C=O) groups excluding carboxylic acids is 1. The molecule has 4 nitrogen and oxygen atoms in total. The molecule has 4 heteroatoms. The standard InChI is InChI=1S/C13H17NO3/c1-3-16-13(15)10-4-5-12-11(8-10)9(2)14-6-7-17-12/h4-5,8-9,14H,3,6-7H2,1-2H3. The monoisotopic (exact) mass is 235 g/mol. The molecule has 1 heterocycles. The van der Waals surface area contributed by atoms with E-state index >= 15 is 0 Å². The quantitative estimate of drug-likeness (QED) is 0.795. The number of ether oxygens (including phenoxy) is 2. The Bertz CT molecular complexity index is 417. The molecule has 0 spiro atoms. The van der Waals surface area contributed by atoms with Crippen LogP contribution in [0, 0.1) is 0 Å². The molecule has 1 atom stereocenters. The second kappa shape index (κ2) is 5.19. The van der Waals surface area contributed by atoms with Gasteiger partial charge in [-0.3, -0.25) is 0 Å². The fourth-order valence-corrected chi connectivity index (χ4v) is 1.91. The Labute approximate surface area is 101 Å². The highest BCUT2D eigenvalue weighted by Gasteiger charge is 2.17. The summed E-state index contributed by atoms with van der Waals surface area (Å²) >= 11 is 0. The predicted molar refractivity (Wildman–Crippen MR) is 64.3 cm³/mol. The Morgan fingerprint density at radius 1 is 1.59 bits per heavy atom. The molecule has 2 rings (SSSR count). The van der Waals surface area contributed by atoms with Crippen LogP contribution in [-0.4, -0.2) is 25.7 Å². The van der Waals surface area contributed by atoms with Gasteiger partial charge in [0.2, 0.25) is 0 Å². The molecule has 0 fully saturated rings. The zero-order valence-electron chi connectivity index (χ0n) is 10.2. The summed E-state index contributed by atoms with van der Waals surface area (Å²) in [5, 5.41) is 3.32. The van der Waals surface area contributed by atoms with Gasteiger partial charge in [0.05, 0.1) is 12.2 Å². The van der Waals surface area contributed by atoms with Crippen molar-refractivity contribution in [2.24, 2.45) is 0 Å². The molecular formula is C13H17NO3. The molecule has 0 aromatic heterocycles. The first-order valence-corrected chi connectivity index (χ1v) is 5.89. The number of hydrogen-bond donors (Lipinski definition) is 1. The Balaban J connectivity index is 2.31. The summed E-state index contributed by atoms with van der Waals surface area (Å²) in [7, 11) is 0. The molecule has 1 aromatic carbocycles. The smallest absolute Gasteiger partial charge is 0.338 e. The van der Waals surface area contributed by atoms with E-state index in [1.54, 1.807) is 13.0 Å². The highest BCUT2D eigenvalue weighted by atomic mass is 16.5. The summed E-state index contributed by atoms with van der Waals surface area (Å²) in [6.07, 6.45) is 0. The Kier molecular flexibility index (Phi) is 3.64. The first-order valence-electron chi connectivity index (χ1n) is 5.89. The lowest BCUT2D eigenvalue weighted by Crippen LogP contribution is -2.20. The third kappa shape index (κ3) is 2.58. The van der Waals surface area contributed by atoms with Gasteiger partial charge in [0, 0.05) is 18.2 Å². The molecule has 1 aliphatic rings. The summed E-state index contributed by atoms with van der Waals surface area (Å²) in [6, 6.07) is 5.61. The Hall–Kier alpha value is -1.55. The minimum absolute atomic E-state index is 0.182. The van der Waals surface area contributed by atoms with E-state index in [0.717, 1.165) is 17.9 Å². The summed E-state index contributed by atoms with van der Waals surface area (Å²) in [6.45, 7) is 5.71. The second-order valence-electron chi connectivity index (χ2n) is 4.00. The van der Waals surface area contributed by atoms with Crippen LogP contribution >= 0.6 is 0 Å². The number of benzene rings is 1. The van der Waals surface area contributed by atoms with E-state index in [0.29, 0.717) is 18.8 Å². The fourth-order valence-electron chi connectivity index (χ4n) is 1.91. The molecule has 0 saturated carbocycles. The lowest BCUT2D eigenvalue weighted by atomic mass is 10.0. The molecule has 0 aliphatic carbocycles. The molecule has 0 amide bonds. The Morgan fingerprint density at radius 2 is 2.41 bits per heavy atom. The molecular weight excluding hydrogens is 218 g/mol. The van der Waals surface area contributed by atoms with Crippen LogP contribution in [0.1, 0.15) is 35.8 Å². The number of fused-ring (bicyclic) bond motifs is 1. The van der Waals surface area contributed by atoms with Gasteiger partial charge < -0.3 is 14.8 Å². The van der Waals surface area contributed by atoms with Gasteiger partial charge in [-0.2, -0.15) is 0 Å². The average molecular weight is 235 g/mol. The van der Waals surface area contributed by atoms with Gasteiger partial charge >= 0.3 is 5.97 Å². The van der Waals surface area contributed by atoms with Crippen molar-refractivity contribution in [3.8, 4) is 5.75 Å². The largest absolute Gasteiger partial charge is 0.492 e. The molecule has 1 aromatic rings. The third-order valence-corrected chi connectivity index (χ3v) is 2.80. The van der Waals surface area contributed by atoms with Crippen molar-refractivity contribution < 1.29 is 14.3 Å². The van der Waals surface area contributed by atoms with Crippen molar-refractivity contribution in [2.75, 3.05) is 19.8 Å². The summed E-state index contributed by atoms with van der Waals surface area (Å²) in [5.74, 6) is 0.558. The lowest BCUT2D eigenvalue weighted by molar-refractivity contribution is 0.0526. The summed E-state index contributed by atoms with van der Waals surface area (Å²) in [5.41, 5.74) is 1.58. The van der Waals surface area contributed by atoms with Crippen LogP contribution in [0.5, 0.6) is 5.75 Å². The lowest BCUT2D eigenvalue weighted by Gasteiger charge is -2.13. The number of carbonyl (C=O) groups is 1. The van der Waals surface area contributed by atoms with Crippen molar-refractivity contribution in [1.29, 1.82) is 0 Å². The van der Waals surface area contributed by atoms with E-state index in [9.17, 15) is 4.79 Å².